The molecule has 1 aromatic carbocycles. The second-order valence-electron chi connectivity index (χ2n) is 4.22. The Balaban J connectivity index is 2.16. The average molecular weight is 191 g/mol. The van der Waals surface area contributed by atoms with Crippen molar-refractivity contribution in [1.29, 1.82) is 0 Å². The second-order valence-corrected chi connectivity index (χ2v) is 4.22. The van der Waals surface area contributed by atoms with Gasteiger partial charge in [-0.25, -0.2) is 0 Å². The number of nitrogens with two attached hydrogens (primary N) is 1. The van der Waals surface area contributed by atoms with Crippen molar-refractivity contribution in [3.05, 3.63) is 23.8 Å². The highest BCUT2D eigenvalue weighted by Crippen LogP contribution is 2.56. The first-order valence-corrected chi connectivity index (χ1v) is 4.95. The van der Waals surface area contributed by atoms with Gasteiger partial charge in [-0.1, -0.05) is 12.1 Å². The molecule has 2 unspecified atom stereocenters. The molecule has 1 aliphatic heterocycles. The molecular weight excluding hydrogens is 178 g/mol. The van der Waals surface area contributed by atoms with Gasteiger partial charge in [0.2, 0.25) is 0 Å². The van der Waals surface area contributed by atoms with E-state index in [-0.39, 0.29) is 17.2 Å². The number of aromatic hydroxyl groups is 1. The number of para-hydroxylation sites is 1. The summed E-state index contributed by atoms with van der Waals surface area (Å²) in [5.41, 5.74) is 7.16. The van der Waals surface area contributed by atoms with Crippen LogP contribution in [0.3, 0.4) is 0 Å². The quantitative estimate of drug-likeness (QED) is 0.646. The third-order valence-electron chi connectivity index (χ3n) is 3.46. The standard InChI is InChI=1S/C11H13NO2/c12-9-6-11(9)4-5-14-10-7(11)2-1-3-8(10)13/h1-3,9,13H,4-6,12H2. The van der Waals surface area contributed by atoms with Crippen molar-refractivity contribution in [3.63, 3.8) is 0 Å². The highest BCUT2D eigenvalue weighted by Gasteiger charge is 2.56. The number of phenolic OH excluding ortho intramolecular Hbond substituents is 1. The average Bonchev–Trinajstić information content (AvgIpc) is 2.80. The zero-order valence-corrected chi connectivity index (χ0v) is 7.86. The van der Waals surface area contributed by atoms with Crippen molar-refractivity contribution in [3.8, 4) is 11.5 Å². The van der Waals surface area contributed by atoms with Gasteiger partial charge < -0.3 is 15.6 Å². The molecule has 0 saturated heterocycles. The van der Waals surface area contributed by atoms with E-state index >= 15 is 0 Å². The van der Waals surface area contributed by atoms with Crippen LogP contribution < -0.4 is 10.5 Å². The molecule has 0 bridgehead atoms. The molecule has 1 aliphatic carbocycles. The zero-order valence-electron chi connectivity index (χ0n) is 7.86. The smallest absolute Gasteiger partial charge is 0.164 e. The van der Waals surface area contributed by atoms with Gasteiger partial charge in [0.1, 0.15) is 0 Å². The minimum absolute atomic E-state index is 0.103. The summed E-state index contributed by atoms with van der Waals surface area (Å²) in [5.74, 6) is 0.882. The first kappa shape index (κ1) is 8.12. The van der Waals surface area contributed by atoms with E-state index < -0.39 is 0 Å². The lowest BCUT2D eigenvalue weighted by Crippen LogP contribution is -2.26. The first-order chi connectivity index (χ1) is 6.74. The predicted octanol–water partition coefficient (Wildman–Crippen LogP) is 1.14. The summed E-state index contributed by atoms with van der Waals surface area (Å²) in [6, 6.07) is 5.77. The maximum absolute atomic E-state index is 9.64. The lowest BCUT2D eigenvalue weighted by molar-refractivity contribution is 0.246. The van der Waals surface area contributed by atoms with Gasteiger partial charge in [-0.2, -0.15) is 0 Å². The van der Waals surface area contributed by atoms with E-state index in [1.165, 1.54) is 0 Å². The Morgan fingerprint density at radius 1 is 1.50 bits per heavy atom. The molecule has 0 amide bonds. The van der Waals surface area contributed by atoms with Crippen LogP contribution in [-0.2, 0) is 5.41 Å². The molecule has 1 aromatic rings. The molecule has 1 heterocycles. The number of benzene rings is 1. The summed E-state index contributed by atoms with van der Waals surface area (Å²) >= 11 is 0. The van der Waals surface area contributed by atoms with Crippen LogP contribution in [0.2, 0.25) is 0 Å². The van der Waals surface area contributed by atoms with E-state index in [4.69, 9.17) is 10.5 Å². The van der Waals surface area contributed by atoms with E-state index in [1.54, 1.807) is 6.07 Å². The van der Waals surface area contributed by atoms with E-state index in [0.717, 1.165) is 18.4 Å². The molecule has 14 heavy (non-hydrogen) atoms. The maximum atomic E-state index is 9.64. The van der Waals surface area contributed by atoms with Crippen LogP contribution in [0.5, 0.6) is 11.5 Å². The van der Waals surface area contributed by atoms with Crippen molar-refractivity contribution in [2.45, 2.75) is 24.3 Å². The molecule has 74 valence electrons. The fourth-order valence-electron chi connectivity index (χ4n) is 2.47. The number of hydrogen-bond acceptors (Lipinski definition) is 3. The second kappa shape index (κ2) is 2.42. The largest absolute Gasteiger partial charge is 0.504 e. The molecule has 3 rings (SSSR count). The van der Waals surface area contributed by atoms with Crippen LogP contribution in [0.4, 0.5) is 0 Å². The zero-order chi connectivity index (χ0) is 9.76. The number of ether oxygens (including phenoxy) is 1. The summed E-state index contributed by atoms with van der Waals surface area (Å²) in [6.45, 7) is 0.665. The molecule has 3 heteroatoms. The fourth-order valence-corrected chi connectivity index (χ4v) is 2.47. The fraction of sp³-hybridized carbons (Fsp3) is 0.455. The van der Waals surface area contributed by atoms with Gasteiger partial charge in [0.05, 0.1) is 6.61 Å². The van der Waals surface area contributed by atoms with E-state index in [1.807, 2.05) is 12.1 Å². The molecule has 2 atom stereocenters. The van der Waals surface area contributed by atoms with Crippen molar-refractivity contribution < 1.29 is 9.84 Å². The Hall–Kier alpha value is -1.22. The molecule has 0 aromatic heterocycles. The Bertz CT molecular complexity index is 391. The van der Waals surface area contributed by atoms with Crippen LogP contribution in [0.15, 0.2) is 18.2 Å². The Morgan fingerprint density at radius 2 is 2.29 bits per heavy atom. The van der Waals surface area contributed by atoms with Crippen LogP contribution in [0.1, 0.15) is 18.4 Å². The lowest BCUT2D eigenvalue weighted by atomic mass is 9.89. The predicted molar refractivity (Wildman–Crippen MR) is 52.5 cm³/mol. The SMILES string of the molecule is NC1CC12CCOc1c(O)cccc12. The van der Waals surface area contributed by atoms with Gasteiger partial charge in [0.25, 0.3) is 0 Å². The molecule has 3 nitrogen and oxygen atoms in total. The van der Waals surface area contributed by atoms with Crippen molar-refractivity contribution in [2.24, 2.45) is 5.73 Å². The van der Waals surface area contributed by atoms with Crippen LogP contribution >= 0.6 is 0 Å². The van der Waals surface area contributed by atoms with Crippen molar-refractivity contribution in [1.82, 2.24) is 0 Å². The van der Waals surface area contributed by atoms with E-state index in [2.05, 4.69) is 0 Å². The van der Waals surface area contributed by atoms with Crippen molar-refractivity contribution >= 4 is 0 Å². The van der Waals surface area contributed by atoms with Gasteiger partial charge in [-0.3, -0.25) is 0 Å². The van der Waals surface area contributed by atoms with E-state index in [0.29, 0.717) is 12.4 Å². The minimum atomic E-state index is 0.103. The third-order valence-corrected chi connectivity index (χ3v) is 3.46. The number of fused-ring (bicyclic) bond motifs is 2. The minimum Gasteiger partial charge on any atom is -0.504 e. The third kappa shape index (κ3) is 0.852. The summed E-state index contributed by atoms with van der Waals surface area (Å²) in [5, 5.41) is 9.64. The highest BCUT2D eigenvalue weighted by atomic mass is 16.5. The van der Waals surface area contributed by atoms with Crippen LogP contribution in [0, 0.1) is 0 Å². The molecule has 1 fully saturated rings. The van der Waals surface area contributed by atoms with Crippen molar-refractivity contribution in [2.75, 3.05) is 6.61 Å². The molecule has 3 N–H and O–H groups in total. The number of phenols is 1. The Kier molecular flexibility index (Phi) is 1.40. The molecule has 0 radical (unpaired) electrons. The maximum Gasteiger partial charge on any atom is 0.164 e. The monoisotopic (exact) mass is 191 g/mol. The Labute approximate surface area is 82.5 Å². The summed E-state index contributed by atoms with van der Waals surface area (Å²) < 4.78 is 5.47. The van der Waals surface area contributed by atoms with Gasteiger partial charge in [-0.05, 0) is 18.9 Å². The summed E-state index contributed by atoms with van der Waals surface area (Å²) in [7, 11) is 0. The van der Waals surface area contributed by atoms with Gasteiger partial charge in [0.15, 0.2) is 11.5 Å². The molecule has 2 aliphatic rings. The first-order valence-electron chi connectivity index (χ1n) is 4.95. The molecule has 1 spiro atoms. The van der Waals surface area contributed by atoms with Gasteiger partial charge in [-0.15, -0.1) is 0 Å². The summed E-state index contributed by atoms with van der Waals surface area (Å²) in [4.78, 5) is 0. The van der Waals surface area contributed by atoms with Crippen LogP contribution in [0.25, 0.3) is 0 Å². The normalized spacial score (nSPS) is 33.6. The highest BCUT2D eigenvalue weighted by molar-refractivity contribution is 5.54. The van der Waals surface area contributed by atoms with Gasteiger partial charge >= 0.3 is 0 Å². The number of rotatable bonds is 0. The van der Waals surface area contributed by atoms with E-state index in [9.17, 15) is 5.11 Å². The molecule has 1 saturated carbocycles. The topological polar surface area (TPSA) is 55.5 Å². The van der Waals surface area contributed by atoms with Gasteiger partial charge in [0, 0.05) is 17.0 Å². The number of hydrogen-bond donors (Lipinski definition) is 2. The summed E-state index contributed by atoms with van der Waals surface area (Å²) in [6.07, 6.45) is 2.00. The van der Waals surface area contributed by atoms with Crippen LogP contribution in [-0.4, -0.2) is 17.8 Å². The Morgan fingerprint density at radius 3 is 3.00 bits per heavy atom. The lowest BCUT2D eigenvalue weighted by Gasteiger charge is -2.26. The molecular formula is C11H13NO2.